The van der Waals surface area contributed by atoms with Gasteiger partial charge in [0.15, 0.2) is 0 Å². The molecule has 0 N–H and O–H groups in total. The maximum absolute atomic E-state index is 13.3. The first kappa shape index (κ1) is 35.7. The fourth-order valence-electron chi connectivity index (χ4n) is 5.85. The number of carbonyl (C=O) groups is 1. The highest BCUT2D eigenvalue weighted by Gasteiger charge is 2.27. The van der Waals surface area contributed by atoms with E-state index in [9.17, 15) is 14.4 Å². The number of carbonyl (C=O) groups excluding carboxylic acids is 1. The number of esters is 1. The van der Waals surface area contributed by atoms with Gasteiger partial charge >= 0.3 is 11.7 Å². The Morgan fingerprint density at radius 1 is 1.00 bits per heavy atom. The minimum Gasteiger partial charge on any atom is -0.461 e. The molecule has 2 aromatic heterocycles. The second kappa shape index (κ2) is 19.6. The van der Waals surface area contributed by atoms with Crippen molar-refractivity contribution < 1.29 is 14.3 Å². The Balaban J connectivity index is 1.55. The van der Waals surface area contributed by atoms with E-state index < -0.39 is 17.5 Å². The van der Waals surface area contributed by atoms with Crippen molar-refractivity contribution in [2.75, 3.05) is 20.6 Å². The van der Waals surface area contributed by atoms with Gasteiger partial charge in [-0.05, 0) is 72.0 Å². The summed E-state index contributed by atoms with van der Waals surface area (Å²) in [7, 11) is 4.10. The lowest BCUT2D eigenvalue weighted by molar-refractivity contribution is -0.150. The molecule has 3 atom stereocenters. The molecule has 11 nitrogen and oxygen atoms in total. The summed E-state index contributed by atoms with van der Waals surface area (Å²) in [6.07, 6.45) is 19.9. The lowest BCUT2D eigenvalue weighted by Gasteiger charge is -2.18. The summed E-state index contributed by atoms with van der Waals surface area (Å²) in [5.41, 5.74) is -0.431. The second-order valence-electron chi connectivity index (χ2n) is 12.6. The summed E-state index contributed by atoms with van der Waals surface area (Å²) in [6.45, 7) is 5.31. The molecule has 0 saturated carbocycles. The van der Waals surface area contributed by atoms with Gasteiger partial charge in [0.25, 0.3) is 5.56 Å². The quantitative estimate of drug-likeness (QED) is 0.129. The van der Waals surface area contributed by atoms with Gasteiger partial charge in [0.1, 0.15) is 24.6 Å². The number of aromatic nitrogens is 5. The predicted octanol–water partition coefficient (Wildman–Crippen LogP) is 5.30. The third-order valence-electron chi connectivity index (χ3n) is 8.38. The molecule has 3 rings (SSSR count). The highest BCUT2D eigenvalue weighted by molar-refractivity contribution is 5.69. The van der Waals surface area contributed by atoms with Gasteiger partial charge in [-0.25, -0.2) is 9.48 Å². The minimum absolute atomic E-state index is 0.0371. The molecule has 0 spiro atoms. The summed E-state index contributed by atoms with van der Waals surface area (Å²) in [5, 5.41) is 8.20. The number of nitrogens with zero attached hydrogens (tertiary/aromatic N) is 6. The zero-order chi connectivity index (χ0) is 31.7. The number of hydrogen-bond donors (Lipinski definition) is 0. The Morgan fingerprint density at radius 2 is 1.68 bits per heavy atom. The van der Waals surface area contributed by atoms with E-state index in [0.29, 0.717) is 5.69 Å². The summed E-state index contributed by atoms with van der Waals surface area (Å²) < 4.78 is 16.1. The maximum atomic E-state index is 13.3. The topological polar surface area (TPSA) is 113 Å². The van der Waals surface area contributed by atoms with Crippen LogP contribution < -0.4 is 11.2 Å². The maximum Gasteiger partial charge on any atom is 0.333 e. The van der Waals surface area contributed by atoms with Gasteiger partial charge in [-0.1, -0.05) is 70.4 Å². The zero-order valence-corrected chi connectivity index (χ0v) is 27.6. The van der Waals surface area contributed by atoms with Crippen molar-refractivity contribution in [3.05, 3.63) is 45.0 Å². The molecule has 0 aromatic carbocycles. The van der Waals surface area contributed by atoms with E-state index in [1.807, 2.05) is 0 Å². The third kappa shape index (κ3) is 12.3. The number of ether oxygens (including phenoxy) is 2. The van der Waals surface area contributed by atoms with Crippen LogP contribution in [0.15, 0.2) is 28.0 Å². The standard InChI is InChI=1S/C33H56N6O5/c1-5-7-9-11-12-14-17-28(16-13-10-8-6-2)44-32(41)26-37-24-27(34-35-37)25-39-30(40)21-23-38(33(39)42)31-20-19-29(43-31)18-15-22-36(3)4/h21,23-24,28-29,31H,5-20,22,25-26H2,1-4H3. The molecule has 2 aromatic rings. The first-order chi connectivity index (χ1) is 21.3. The molecule has 44 heavy (non-hydrogen) atoms. The Morgan fingerprint density at radius 3 is 2.39 bits per heavy atom. The van der Waals surface area contributed by atoms with E-state index in [-0.39, 0.29) is 31.3 Å². The summed E-state index contributed by atoms with van der Waals surface area (Å²) >= 11 is 0. The molecule has 0 radical (unpaired) electrons. The Kier molecular flexibility index (Phi) is 15.9. The predicted molar refractivity (Wildman–Crippen MR) is 172 cm³/mol. The molecule has 3 heterocycles. The van der Waals surface area contributed by atoms with Gasteiger partial charge in [0.05, 0.1) is 18.8 Å². The molecule has 3 unspecified atom stereocenters. The van der Waals surface area contributed by atoms with E-state index in [2.05, 4.69) is 43.2 Å². The average molecular weight is 617 g/mol. The Labute approximate surface area is 262 Å². The fraction of sp³-hybridized carbons (Fsp3) is 0.788. The molecule has 0 aliphatic carbocycles. The van der Waals surface area contributed by atoms with E-state index in [4.69, 9.17) is 9.47 Å². The van der Waals surface area contributed by atoms with E-state index >= 15 is 0 Å². The van der Waals surface area contributed by atoms with Crippen molar-refractivity contribution >= 4 is 5.97 Å². The molecule has 1 aliphatic rings. The summed E-state index contributed by atoms with van der Waals surface area (Å²) in [5.74, 6) is -0.342. The van der Waals surface area contributed by atoms with Crippen LogP contribution in [0.4, 0.5) is 0 Å². The van der Waals surface area contributed by atoms with E-state index in [1.54, 1.807) is 6.20 Å². The number of rotatable bonds is 22. The van der Waals surface area contributed by atoms with Crippen LogP contribution in [0, 0.1) is 0 Å². The normalized spacial score (nSPS) is 17.4. The molecule has 1 saturated heterocycles. The summed E-state index contributed by atoms with van der Waals surface area (Å²) in [4.78, 5) is 40.9. The first-order valence-corrected chi connectivity index (χ1v) is 17.0. The van der Waals surface area contributed by atoms with Gasteiger partial charge in [-0.3, -0.25) is 18.7 Å². The van der Waals surface area contributed by atoms with Crippen LogP contribution in [-0.4, -0.2) is 67.8 Å². The Bertz CT molecular complexity index is 1220. The smallest absolute Gasteiger partial charge is 0.333 e. The number of hydrogen-bond acceptors (Lipinski definition) is 8. The van der Waals surface area contributed by atoms with Gasteiger partial charge < -0.3 is 14.4 Å². The molecular formula is C33H56N6O5. The fourth-order valence-corrected chi connectivity index (χ4v) is 5.85. The summed E-state index contributed by atoms with van der Waals surface area (Å²) in [6, 6.07) is 1.39. The molecule has 248 valence electrons. The lowest BCUT2D eigenvalue weighted by atomic mass is 10.0. The van der Waals surface area contributed by atoms with Crippen molar-refractivity contribution in [2.45, 2.75) is 148 Å². The van der Waals surface area contributed by atoms with Crippen LogP contribution in [0.5, 0.6) is 0 Å². The van der Waals surface area contributed by atoms with Crippen molar-refractivity contribution in [2.24, 2.45) is 0 Å². The van der Waals surface area contributed by atoms with Gasteiger partial charge in [0.2, 0.25) is 0 Å². The van der Waals surface area contributed by atoms with Crippen LogP contribution >= 0.6 is 0 Å². The SMILES string of the molecule is CCCCCCCCC(CCCCCC)OC(=O)Cn1cc(Cn2c(=O)ccn(C3CCC(CCCN(C)C)O3)c2=O)nn1. The molecule has 0 bridgehead atoms. The third-order valence-corrected chi connectivity index (χ3v) is 8.38. The largest absolute Gasteiger partial charge is 0.461 e. The van der Waals surface area contributed by atoms with Gasteiger partial charge in [0, 0.05) is 12.3 Å². The molecule has 1 aliphatic heterocycles. The zero-order valence-electron chi connectivity index (χ0n) is 27.6. The van der Waals surface area contributed by atoms with E-state index in [1.165, 1.54) is 66.5 Å². The molecule has 1 fully saturated rings. The van der Waals surface area contributed by atoms with Crippen LogP contribution in [-0.2, 0) is 27.4 Å². The van der Waals surface area contributed by atoms with Crippen molar-refractivity contribution in [3.8, 4) is 0 Å². The second-order valence-corrected chi connectivity index (χ2v) is 12.6. The monoisotopic (exact) mass is 616 g/mol. The first-order valence-electron chi connectivity index (χ1n) is 17.0. The van der Waals surface area contributed by atoms with Crippen molar-refractivity contribution in [1.29, 1.82) is 0 Å². The van der Waals surface area contributed by atoms with Crippen LogP contribution in [0.1, 0.15) is 129 Å². The molecular weight excluding hydrogens is 560 g/mol. The average Bonchev–Trinajstić information content (AvgIpc) is 3.64. The highest BCUT2D eigenvalue weighted by Crippen LogP contribution is 2.29. The minimum atomic E-state index is -0.439. The molecule has 0 amide bonds. The lowest BCUT2D eigenvalue weighted by Crippen LogP contribution is -2.40. The van der Waals surface area contributed by atoms with Crippen molar-refractivity contribution in [3.63, 3.8) is 0 Å². The van der Waals surface area contributed by atoms with Crippen LogP contribution in [0.25, 0.3) is 0 Å². The van der Waals surface area contributed by atoms with Crippen molar-refractivity contribution in [1.82, 2.24) is 29.0 Å². The van der Waals surface area contributed by atoms with Crippen LogP contribution in [0.3, 0.4) is 0 Å². The van der Waals surface area contributed by atoms with Gasteiger partial charge in [-0.15, -0.1) is 5.10 Å². The van der Waals surface area contributed by atoms with E-state index in [0.717, 1.165) is 68.9 Å². The van der Waals surface area contributed by atoms with Crippen LogP contribution in [0.2, 0.25) is 0 Å². The van der Waals surface area contributed by atoms with Gasteiger partial charge in [-0.2, -0.15) is 0 Å². The highest BCUT2D eigenvalue weighted by atomic mass is 16.5. The molecule has 11 heteroatoms. The number of unbranched alkanes of at least 4 members (excludes halogenated alkanes) is 8. The Hall–Kier alpha value is -2.79.